The van der Waals surface area contributed by atoms with Crippen LogP contribution in [0.3, 0.4) is 0 Å². The van der Waals surface area contributed by atoms with E-state index in [2.05, 4.69) is 35.4 Å². The maximum Gasteiger partial charge on any atom is 0.203 e. The summed E-state index contributed by atoms with van der Waals surface area (Å²) in [6.07, 6.45) is 1.67. The predicted octanol–water partition coefficient (Wildman–Crippen LogP) is 3.60. The Morgan fingerprint density at radius 2 is 2.18 bits per heavy atom. The molecule has 2 aromatic heterocycles. The average molecular weight is 251 g/mol. The summed E-state index contributed by atoms with van der Waals surface area (Å²) >= 11 is 1.39. The first-order valence-corrected chi connectivity index (χ1v) is 6.38. The summed E-state index contributed by atoms with van der Waals surface area (Å²) in [5.41, 5.74) is -0.00957. The molecule has 4 nitrogen and oxygen atoms in total. The van der Waals surface area contributed by atoms with Crippen molar-refractivity contribution in [3.8, 4) is 0 Å². The Morgan fingerprint density at radius 1 is 1.41 bits per heavy atom. The van der Waals surface area contributed by atoms with Gasteiger partial charge in [0.1, 0.15) is 11.6 Å². The number of nitrogens with zero attached hydrogens (tertiary/aromatic N) is 2. The summed E-state index contributed by atoms with van der Waals surface area (Å²) in [4.78, 5) is 4.49. The van der Waals surface area contributed by atoms with Gasteiger partial charge >= 0.3 is 0 Å². The number of furan rings is 1. The van der Waals surface area contributed by atoms with Crippen LogP contribution in [0.2, 0.25) is 0 Å². The molecule has 0 spiro atoms. The summed E-state index contributed by atoms with van der Waals surface area (Å²) in [7, 11) is 0. The lowest BCUT2D eigenvalue weighted by Crippen LogP contribution is -2.13. The van der Waals surface area contributed by atoms with E-state index in [1.807, 2.05) is 19.1 Å². The third-order valence-electron chi connectivity index (χ3n) is 2.41. The number of hydrogen-bond donors (Lipinski definition) is 1. The molecule has 0 fully saturated rings. The van der Waals surface area contributed by atoms with Gasteiger partial charge in [-0.3, -0.25) is 0 Å². The lowest BCUT2D eigenvalue weighted by Gasteiger charge is -2.12. The van der Waals surface area contributed by atoms with Gasteiger partial charge in [0.15, 0.2) is 0 Å². The van der Waals surface area contributed by atoms with Crippen LogP contribution in [0.15, 0.2) is 22.8 Å². The molecule has 0 saturated heterocycles. The molecule has 0 bridgehead atoms. The molecule has 1 atom stereocenters. The van der Waals surface area contributed by atoms with Crippen LogP contribution in [0.1, 0.15) is 45.3 Å². The molecule has 2 heterocycles. The van der Waals surface area contributed by atoms with Crippen molar-refractivity contribution in [2.24, 2.45) is 0 Å². The van der Waals surface area contributed by atoms with Crippen LogP contribution in [-0.4, -0.2) is 9.36 Å². The van der Waals surface area contributed by atoms with Crippen LogP contribution in [0.25, 0.3) is 0 Å². The van der Waals surface area contributed by atoms with Crippen LogP contribution in [-0.2, 0) is 5.41 Å². The van der Waals surface area contributed by atoms with E-state index in [9.17, 15) is 0 Å². The van der Waals surface area contributed by atoms with E-state index in [1.54, 1.807) is 6.26 Å². The zero-order valence-corrected chi connectivity index (χ0v) is 11.3. The number of aromatic nitrogens is 2. The van der Waals surface area contributed by atoms with Gasteiger partial charge in [-0.2, -0.15) is 4.37 Å². The molecule has 0 radical (unpaired) electrons. The van der Waals surface area contributed by atoms with Gasteiger partial charge in [0, 0.05) is 16.9 Å². The topological polar surface area (TPSA) is 51.0 Å². The molecule has 0 aromatic carbocycles. The molecule has 0 aliphatic rings. The number of nitrogens with one attached hydrogen (secondary N) is 1. The van der Waals surface area contributed by atoms with E-state index < -0.39 is 0 Å². The second kappa shape index (κ2) is 4.49. The lowest BCUT2D eigenvalue weighted by atomic mass is 9.96. The smallest absolute Gasteiger partial charge is 0.203 e. The summed E-state index contributed by atoms with van der Waals surface area (Å²) in [6, 6.07) is 3.93. The lowest BCUT2D eigenvalue weighted by molar-refractivity contribution is 0.490. The monoisotopic (exact) mass is 251 g/mol. The Balaban J connectivity index is 2.07. The molecule has 1 unspecified atom stereocenters. The third-order valence-corrected chi connectivity index (χ3v) is 3.05. The highest BCUT2D eigenvalue weighted by Crippen LogP contribution is 2.25. The van der Waals surface area contributed by atoms with Gasteiger partial charge in [-0.05, 0) is 19.1 Å². The van der Waals surface area contributed by atoms with Crippen LogP contribution in [0.5, 0.6) is 0 Å². The minimum atomic E-state index is -0.00957. The van der Waals surface area contributed by atoms with Crippen molar-refractivity contribution in [3.63, 3.8) is 0 Å². The average Bonchev–Trinajstić information content (AvgIpc) is 2.85. The fraction of sp³-hybridized carbons (Fsp3) is 0.500. The number of hydrogen-bond acceptors (Lipinski definition) is 5. The first-order chi connectivity index (χ1) is 7.97. The van der Waals surface area contributed by atoms with Crippen LogP contribution < -0.4 is 5.32 Å². The van der Waals surface area contributed by atoms with Crippen molar-refractivity contribution in [2.75, 3.05) is 5.32 Å². The molecule has 0 aliphatic carbocycles. The maximum absolute atomic E-state index is 5.34. The Bertz CT molecular complexity index is 470. The summed E-state index contributed by atoms with van der Waals surface area (Å²) in [5, 5.41) is 4.12. The second-order valence-corrected chi connectivity index (χ2v) is 5.81. The van der Waals surface area contributed by atoms with Gasteiger partial charge in [0.2, 0.25) is 5.13 Å². The fourth-order valence-corrected chi connectivity index (χ4v) is 2.23. The summed E-state index contributed by atoms with van der Waals surface area (Å²) in [6.45, 7) is 8.36. The molecule has 1 N–H and O–H groups in total. The highest BCUT2D eigenvalue weighted by atomic mass is 32.1. The molecule has 17 heavy (non-hydrogen) atoms. The zero-order valence-electron chi connectivity index (χ0n) is 10.5. The Labute approximate surface area is 105 Å². The van der Waals surface area contributed by atoms with E-state index in [-0.39, 0.29) is 11.5 Å². The van der Waals surface area contributed by atoms with E-state index in [1.165, 1.54) is 11.5 Å². The largest absolute Gasteiger partial charge is 0.467 e. The number of anilines is 1. The van der Waals surface area contributed by atoms with Crippen molar-refractivity contribution in [2.45, 2.75) is 39.2 Å². The molecular formula is C12H17N3OS. The fourth-order valence-electron chi connectivity index (χ4n) is 1.38. The minimum absolute atomic E-state index is 0.00957. The molecule has 92 valence electrons. The molecule has 0 saturated carbocycles. The summed E-state index contributed by atoms with van der Waals surface area (Å²) in [5.74, 6) is 1.77. The van der Waals surface area contributed by atoms with Gasteiger partial charge < -0.3 is 9.73 Å². The van der Waals surface area contributed by atoms with Gasteiger partial charge in [0.05, 0.1) is 12.3 Å². The first-order valence-electron chi connectivity index (χ1n) is 5.61. The SMILES string of the molecule is CC(Nc1nc(C(C)(C)C)ns1)c1ccco1. The van der Waals surface area contributed by atoms with Crippen molar-refractivity contribution in [3.05, 3.63) is 30.0 Å². The van der Waals surface area contributed by atoms with Gasteiger partial charge in [0.25, 0.3) is 0 Å². The number of rotatable bonds is 3. The molecule has 0 amide bonds. The van der Waals surface area contributed by atoms with Gasteiger partial charge in [-0.15, -0.1) is 0 Å². The molecule has 5 heteroatoms. The molecule has 2 aromatic rings. The molecular weight excluding hydrogens is 234 g/mol. The van der Waals surface area contributed by atoms with Gasteiger partial charge in [-0.1, -0.05) is 20.8 Å². The Hall–Kier alpha value is -1.36. The van der Waals surface area contributed by atoms with E-state index in [0.717, 1.165) is 16.7 Å². The normalized spacial score (nSPS) is 13.6. The Morgan fingerprint density at radius 3 is 2.71 bits per heavy atom. The predicted molar refractivity (Wildman–Crippen MR) is 69.4 cm³/mol. The minimum Gasteiger partial charge on any atom is -0.467 e. The quantitative estimate of drug-likeness (QED) is 0.905. The second-order valence-electron chi connectivity index (χ2n) is 5.05. The Kier molecular flexibility index (Phi) is 3.19. The molecule has 2 rings (SSSR count). The van der Waals surface area contributed by atoms with Crippen LogP contribution in [0, 0.1) is 0 Å². The first kappa shape index (κ1) is 12.1. The van der Waals surface area contributed by atoms with Crippen LogP contribution in [0.4, 0.5) is 5.13 Å². The standard InChI is InChI=1S/C12H17N3OS/c1-8(9-6-5-7-16-9)13-11-14-10(15-17-11)12(2,3)4/h5-8H,1-4H3,(H,13,14,15). The van der Waals surface area contributed by atoms with Crippen molar-refractivity contribution in [1.82, 2.24) is 9.36 Å². The summed E-state index contributed by atoms with van der Waals surface area (Å²) < 4.78 is 9.69. The highest BCUT2D eigenvalue weighted by Gasteiger charge is 2.20. The zero-order chi connectivity index (χ0) is 12.5. The molecule has 0 aliphatic heterocycles. The highest BCUT2D eigenvalue weighted by molar-refractivity contribution is 7.09. The van der Waals surface area contributed by atoms with Gasteiger partial charge in [-0.25, -0.2) is 4.98 Å². The van der Waals surface area contributed by atoms with Crippen molar-refractivity contribution in [1.29, 1.82) is 0 Å². The van der Waals surface area contributed by atoms with E-state index >= 15 is 0 Å². The van der Waals surface area contributed by atoms with Crippen molar-refractivity contribution < 1.29 is 4.42 Å². The van der Waals surface area contributed by atoms with E-state index in [0.29, 0.717) is 0 Å². The third kappa shape index (κ3) is 2.85. The van der Waals surface area contributed by atoms with Crippen molar-refractivity contribution >= 4 is 16.7 Å². The van der Waals surface area contributed by atoms with E-state index in [4.69, 9.17) is 4.42 Å². The van der Waals surface area contributed by atoms with Crippen LogP contribution >= 0.6 is 11.5 Å². The maximum atomic E-state index is 5.34.